The zero-order valence-corrected chi connectivity index (χ0v) is 14.7. The van der Waals surface area contributed by atoms with Crippen LogP contribution in [0.5, 0.6) is 0 Å². The Hall–Kier alpha value is -2.16. The number of allylic oxidation sites excluding steroid dienone is 3. The predicted octanol–water partition coefficient (Wildman–Crippen LogP) is 4.44. The molecule has 1 aromatic rings. The van der Waals surface area contributed by atoms with Gasteiger partial charge in [-0.05, 0) is 44.4 Å². The SMILES string of the molecule is CCCCN/C1=C/C(c2ccccc2C)=N/C(C)=C(\C)C=NC1. The maximum atomic E-state index is 4.88. The van der Waals surface area contributed by atoms with Crippen LogP contribution in [0.1, 0.15) is 44.7 Å². The molecular formula is C20H27N3. The first kappa shape index (κ1) is 17.2. The molecule has 3 nitrogen and oxygen atoms in total. The van der Waals surface area contributed by atoms with Gasteiger partial charge in [0, 0.05) is 29.7 Å². The van der Waals surface area contributed by atoms with Crippen molar-refractivity contribution in [3.8, 4) is 0 Å². The second kappa shape index (κ2) is 8.47. The van der Waals surface area contributed by atoms with Gasteiger partial charge >= 0.3 is 0 Å². The third kappa shape index (κ3) is 4.92. The Bertz CT molecular complexity index is 663. The van der Waals surface area contributed by atoms with Crippen molar-refractivity contribution in [2.75, 3.05) is 13.1 Å². The van der Waals surface area contributed by atoms with Gasteiger partial charge in [0.05, 0.1) is 12.3 Å². The molecule has 1 aliphatic heterocycles. The van der Waals surface area contributed by atoms with Crippen molar-refractivity contribution >= 4 is 11.9 Å². The van der Waals surface area contributed by atoms with E-state index in [0.29, 0.717) is 6.54 Å². The summed E-state index contributed by atoms with van der Waals surface area (Å²) in [4.78, 5) is 9.42. The normalized spacial score (nSPS) is 23.1. The van der Waals surface area contributed by atoms with Gasteiger partial charge in [-0.15, -0.1) is 0 Å². The standard InChI is InChI=1S/C20H27N3/c1-5-6-11-22-18-12-20(19-10-8-7-9-15(19)2)23-17(4)16(3)13-21-14-18/h7-10,12-13,22H,5-6,11,14H2,1-4H3/b17-16+,18-12+,21-13?,23-20-. The van der Waals surface area contributed by atoms with Gasteiger partial charge in [-0.2, -0.15) is 0 Å². The van der Waals surface area contributed by atoms with E-state index < -0.39 is 0 Å². The number of unbranched alkanes of at least 4 members (excludes halogenated alkanes) is 1. The van der Waals surface area contributed by atoms with Crippen LogP contribution in [0.15, 0.2) is 57.3 Å². The van der Waals surface area contributed by atoms with Gasteiger partial charge in [-0.1, -0.05) is 37.6 Å². The minimum Gasteiger partial charge on any atom is -0.387 e. The van der Waals surface area contributed by atoms with Gasteiger partial charge in [-0.25, -0.2) is 0 Å². The number of hydrogen-bond donors (Lipinski definition) is 1. The summed E-state index contributed by atoms with van der Waals surface area (Å²) in [6.07, 6.45) is 6.42. The minimum absolute atomic E-state index is 0.666. The van der Waals surface area contributed by atoms with Crippen molar-refractivity contribution in [2.24, 2.45) is 9.98 Å². The van der Waals surface area contributed by atoms with E-state index in [1.165, 1.54) is 17.5 Å². The molecule has 2 rings (SSSR count). The highest BCUT2D eigenvalue weighted by atomic mass is 14.9. The highest BCUT2D eigenvalue weighted by molar-refractivity contribution is 6.10. The molecule has 23 heavy (non-hydrogen) atoms. The van der Waals surface area contributed by atoms with Gasteiger partial charge in [0.25, 0.3) is 0 Å². The number of nitrogens with one attached hydrogen (secondary N) is 1. The molecule has 0 bridgehead atoms. The molecule has 1 heterocycles. The lowest BCUT2D eigenvalue weighted by molar-refractivity contribution is 0.702. The van der Waals surface area contributed by atoms with Crippen molar-refractivity contribution in [1.29, 1.82) is 0 Å². The summed E-state index contributed by atoms with van der Waals surface area (Å²) in [5, 5.41) is 3.51. The lowest BCUT2D eigenvalue weighted by atomic mass is 10.0. The Kier molecular flexibility index (Phi) is 6.33. The molecule has 0 amide bonds. The smallest absolute Gasteiger partial charge is 0.0787 e. The van der Waals surface area contributed by atoms with E-state index in [2.05, 4.69) is 61.4 Å². The molecule has 1 N–H and O–H groups in total. The highest BCUT2D eigenvalue weighted by Gasteiger charge is 2.08. The van der Waals surface area contributed by atoms with Crippen LogP contribution in [0, 0.1) is 6.92 Å². The maximum absolute atomic E-state index is 4.88. The number of nitrogens with zero attached hydrogens (tertiary/aromatic N) is 2. The molecule has 1 aromatic carbocycles. The fraction of sp³-hybridized carbons (Fsp3) is 0.400. The van der Waals surface area contributed by atoms with E-state index in [0.717, 1.165) is 35.6 Å². The second-order valence-electron chi connectivity index (χ2n) is 6.00. The summed E-state index contributed by atoms with van der Waals surface area (Å²) < 4.78 is 0. The Morgan fingerprint density at radius 1 is 1.13 bits per heavy atom. The van der Waals surface area contributed by atoms with E-state index in [9.17, 15) is 0 Å². The fourth-order valence-corrected chi connectivity index (χ4v) is 2.42. The molecule has 0 atom stereocenters. The average molecular weight is 309 g/mol. The summed E-state index contributed by atoms with van der Waals surface area (Å²) in [7, 11) is 0. The minimum atomic E-state index is 0.666. The topological polar surface area (TPSA) is 36.8 Å². The molecule has 0 radical (unpaired) electrons. The van der Waals surface area contributed by atoms with Gasteiger partial charge in [0.2, 0.25) is 0 Å². The average Bonchev–Trinajstić information content (AvgIpc) is 2.60. The summed E-state index contributed by atoms with van der Waals surface area (Å²) in [6.45, 7) is 10.1. The van der Waals surface area contributed by atoms with Crippen LogP contribution in [0.25, 0.3) is 0 Å². The lowest BCUT2D eigenvalue weighted by Gasteiger charge is -2.11. The molecule has 0 fully saturated rings. The second-order valence-corrected chi connectivity index (χ2v) is 6.00. The summed E-state index contributed by atoms with van der Waals surface area (Å²) >= 11 is 0. The van der Waals surface area contributed by atoms with Crippen LogP contribution in [-0.4, -0.2) is 25.0 Å². The third-order valence-corrected chi connectivity index (χ3v) is 4.02. The van der Waals surface area contributed by atoms with Gasteiger partial charge in [0.15, 0.2) is 0 Å². The first-order valence-corrected chi connectivity index (χ1v) is 8.38. The Balaban J connectivity index is 2.42. The van der Waals surface area contributed by atoms with Gasteiger partial charge in [0.1, 0.15) is 0 Å². The summed E-state index contributed by atoms with van der Waals surface area (Å²) in [5.74, 6) is 0. The third-order valence-electron chi connectivity index (χ3n) is 4.02. The summed E-state index contributed by atoms with van der Waals surface area (Å²) in [6, 6.07) is 8.40. The number of hydrogen-bond acceptors (Lipinski definition) is 3. The van der Waals surface area contributed by atoms with Crippen LogP contribution in [0.3, 0.4) is 0 Å². The van der Waals surface area contributed by atoms with Crippen LogP contribution < -0.4 is 5.32 Å². The van der Waals surface area contributed by atoms with Crippen LogP contribution >= 0.6 is 0 Å². The molecule has 0 aliphatic carbocycles. The van der Waals surface area contributed by atoms with Crippen molar-refractivity contribution in [3.05, 3.63) is 58.4 Å². The molecule has 0 aromatic heterocycles. The van der Waals surface area contributed by atoms with E-state index >= 15 is 0 Å². The highest BCUT2D eigenvalue weighted by Crippen LogP contribution is 2.15. The van der Waals surface area contributed by atoms with Gasteiger partial charge < -0.3 is 5.32 Å². The van der Waals surface area contributed by atoms with E-state index in [-0.39, 0.29) is 0 Å². The predicted molar refractivity (Wildman–Crippen MR) is 100 cm³/mol. The number of aliphatic imine (C=N–C) groups is 2. The zero-order chi connectivity index (χ0) is 16.7. The Morgan fingerprint density at radius 3 is 2.65 bits per heavy atom. The zero-order valence-electron chi connectivity index (χ0n) is 14.7. The van der Waals surface area contributed by atoms with Crippen LogP contribution in [0.4, 0.5) is 0 Å². The van der Waals surface area contributed by atoms with Crippen molar-refractivity contribution in [1.82, 2.24) is 5.32 Å². The lowest BCUT2D eigenvalue weighted by Crippen LogP contribution is -2.18. The fourth-order valence-electron chi connectivity index (χ4n) is 2.42. The van der Waals surface area contributed by atoms with Crippen molar-refractivity contribution in [2.45, 2.75) is 40.5 Å². The first-order valence-electron chi connectivity index (χ1n) is 8.38. The Labute approximate surface area is 139 Å². The maximum Gasteiger partial charge on any atom is 0.0787 e. The van der Waals surface area contributed by atoms with Crippen molar-refractivity contribution < 1.29 is 0 Å². The molecule has 1 aliphatic rings. The van der Waals surface area contributed by atoms with Crippen molar-refractivity contribution in [3.63, 3.8) is 0 Å². The molecule has 0 spiro atoms. The quantitative estimate of drug-likeness (QED) is 0.802. The number of benzene rings is 1. The van der Waals surface area contributed by atoms with Gasteiger partial charge in [-0.3, -0.25) is 9.98 Å². The monoisotopic (exact) mass is 309 g/mol. The Morgan fingerprint density at radius 2 is 1.91 bits per heavy atom. The molecule has 122 valence electrons. The molecular weight excluding hydrogens is 282 g/mol. The molecule has 0 saturated heterocycles. The molecule has 0 saturated carbocycles. The van der Waals surface area contributed by atoms with E-state index in [1.807, 2.05) is 13.1 Å². The van der Waals surface area contributed by atoms with Crippen LogP contribution in [0.2, 0.25) is 0 Å². The molecule has 3 heteroatoms. The largest absolute Gasteiger partial charge is 0.387 e. The molecule has 0 unspecified atom stereocenters. The van der Waals surface area contributed by atoms with E-state index in [1.54, 1.807) is 0 Å². The summed E-state index contributed by atoms with van der Waals surface area (Å²) in [5.41, 5.74) is 6.67. The van der Waals surface area contributed by atoms with E-state index in [4.69, 9.17) is 4.99 Å². The number of aryl methyl sites for hydroxylation is 1. The first-order chi connectivity index (χ1) is 11.1. The van der Waals surface area contributed by atoms with Crippen LogP contribution in [-0.2, 0) is 0 Å². The number of rotatable bonds is 5.